The Labute approximate surface area is 113 Å². The number of hydrogen-bond donors (Lipinski definition) is 2. The summed E-state index contributed by atoms with van der Waals surface area (Å²) < 4.78 is 3.96. The van der Waals surface area contributed by atoms with Gasteiger partial charge in [0.1, 0.15) is 9.75 Å². The van der Waals surface area contributed by atoms with Crippen molar-refractivity contribution in [3.05, 3.63) is 5.82 Å². The number of carbonyl (C=O) groups excluding carboxylic acids is 1. The van der Waals surface area contributed by atoms with Crippen LogP contribution in [0.2, 0.25) is 0 Å². The summed E-state index contributed by atoms with van der Waals surface area (Å²) in [5, 5.41) is 0. The molecule has 1 saturated carbocycles. The van der Waals surface area contributed by atoms with E-state index in [1.807, 2.05) is 0 Å². The van der Waals surface area contributed by atoms with Crippen LogP contribution in [0.3, 0.4) is 0 Å². The first-order chi connectivity index (χ1) is 8.24. The number of anilines is 2. The van der Waals surface area contributed by atoms with E-state index in [0.717, 1.165) is 0 Å². The SMILES string of the molecule is C[C@]1(C(=O)OCc2nc(N)nc(N)n2)CC1(Cl)Cl. The maximum atomic E-state index is 11.8. The molecular weight excluding hydrogens is 281 g/mol. The van der Waals surface area contributed by atoms with Crippen LogP contribution in [-0.4, -0.2) is 25.3 Å². The summed E-state index contributed by atoms with van der Waals surface area (Å²) >= 11 is 11.7. The first-order valence-electron chi connectivity index (χ1n) is 5.05. The van der Waals surface area contributed by atoms with Crippen molar-refractivity contribution in [2.45, 2.75) is 24.3 Å². The van der Waals surface area contributed by atoms with Gasteiger partial charge in [0.15, 0.2) is 12.4 Å². The highest BCUT2D eigenvalue weighted by atomic mass is 35.5. The average Bonchev–Trinajstić information content (AvgIpc) is 2.75. The largest absolute Gasteiger partial charge is 0.457 e. The van der Waals surface area contributed by atoms with Gasteiger partial charge in [-0.1, -0.05) is 0 Å². The summed E-state index contributed by atoms with van der Waals surface area (Å²) in [6, 6.07) is 0. The molecule has 1 atom stereocenters. The summed E-state index contributed by atoms with van der Waals surface area (Å²) in [7, 11) is 0. The van der Waals surface area contributed by atoms with Gasteiger partial charge >= 0.3 is 5.97 Å². The predicted molar refractivity (Wildman–Crippen MR) is 65.6 cm³/mol. The van der Waals surface area contributed by atoms with Crippen LogP contribution < -0.4 is 11.5 Å². The molecular formula is C9H11Cl2N5O2. The summed E-state index contributed by atoms with van der Waals surface area (Å²) in [5.74, 6) is -0.400. The second kappa shape index (κ2) is 4.10. The number of esters is 1. The van der Waals surface area contributed by atoms with Gasteiger partial charge in [0.25, 0.3) is 0 Å². The number of nitrogens with two attached hydrogens (primary N) is 2. The third-order valence-corrected chi connectivity index (χ3v) is 3.86. The zero-order chi connectivity index (χ0) is 13.6. The van der Waals surface area contributed by atoms with Gasteiger partial charge in [0.2, 0.25) is 11.9 Å². The standard InChI is InChI=1S/C9H11Cl2N5O2/c1-8(3-9(8,10)11)5(17)18-2-4-14-6(12)16-7(13)15-4/h2-3H2,1H3,(H4,12,13,14,15,16)/t8-/m1/s1. The van der Waals surface area contributed by atoms with E-state index in [4.69, 9.17) is 39.4 Å². The minimum atomic E-state index is -1.07. The number of aromatic nitrogens is 3. The van der Waals surface area contributed by atoms with Crippen molar-refractivity contribution in [3.8, 4) is 0 Å². The first kappa shape index (κ1) is 13.1. The molecule has 0 unspecified atom stereocenters. The van der Waals surface area contributed by atoms with E-state index >= 15 is 0 Å². The first-order valence-corrected chi connectivity index (χ1v) is 5.81. The Bertz CT molecular complexity index is 489. The average molecular weight is 292 g/mol. The third-order valence-electron chi connectivity index (χ3n) is 2.76. The fourth-order valence-corrected chi connectivity index (χ4v) is 2.12. The number of ether oxygens (including phenoxy) is 1. The highest BCUT2D eigenvalue weighted by molar-refractivity contribution is 6.53. The molecule has 18 heavy (non-hydrogen) atoms. The maximum Gasteiger partial charge on any atom is 0.315 e. The molecule has 0 spiro atoms. The smallest absolute Gasteiger partial charge is 0.315 e. The highest BCUT2D eigenvalue weighted by Crippen LogP contribution is 2.64. The Morgan fingerprint density at radius 3 is 2.28 bits per heavy atom. The van der Waals surface area contributed by atoms with Crippen LogP contribution >= 0.6 is 23.2 Å². The molecule has 1 aliphatic carbocycles. The zero-order valence-electron chi connectivity index (χ0n) is 9.48. The fraction of sp³-hybridized carbons (Fsp3) is 0.556. The Morgan fingerprint density at radius 1 is 1.33 bits per heavy atom. The zero-order valence-corrected chi connectivity index (χ0v) is 11.0. The van der Waals surface area contributed by atoms with Crippen LogP contribution in [0.1, 0.15) is 19.2 Å². The van der Waals surface area contributed by atoms with Crippen molar-refractivity contribution >= 4 is 41.1 Å². The van der Waals surface area contributed by atoms with Crippen LogP contribution in [0.5, 0.6) is 0 Å². The van der Waals surface area contributed by atoms with E-state index in [9.17, 15) is 4.79 Å². The fourth-order valence-electron chi connectivity index (χ4n) is 1.43. The van der Waals surface area contributed by atoms with E-state index in [1.54, 1.807) is 6.92 Å². The van der Waals surface area contributed by atoms with E-state index < -0.39 is 15.7 Å². The molecule has 1 heterocycles. The highest BCUT2D eigenvalue weighted by Gasteiger charge is 2.69. The normalized spacial score (nSPS) is 24.6. The second-order valence-corrected chi connectivity index (χ2v) is 5.74. The van der Waals surface area contributed by atoms with Crippen molar-refractivity contribution in [1.82, 2.24) is 15.0 Å². The summed E-state index contributed by atoms with van der Waals surface area (Å²) in [5.41, 5.74) is 9.88. The molecule has 4 N–H and O–H groups in total. The Balaban J connectivity index is 1.98. The minimum absolute atomic E-state index is 0.0322. The predicted octanol–water partition coefficient (Wildman–Crippen LogP) is 0.663. The van der Waals surface area contributed by atoms with Crippen LogP contribution in [-0.2, 0) is 16.1 Å². The molecule has 1 aliphatic rings. The molecule has 1 aromatic heterocycles. The van der Waals surface area contributed by atoms with Crippen molar-refractivity contribution in [2.75, 3.05) is 11.5 Å². The topological polar surface area (TPSA) is 117 Å². The molecule has 9 heteroatoms. The molecule has 98 valence electrons. The lowest BCUT2D eigenvalue weighted by Crippen LogP contribution is -2.21. The maximum absolute atomic E-state index is 11.8. The van der Waals surface area contributed by atoms with Gasteiger partial charge in [-0.15, -0.1) is 23.2 Å². The van der Waals surface area contributed by atoms with Gasteiger partial charge in [-0.25, -0.2) is 0 Å². The molecule has 0 radical (unpaired) electrons. The van der Waals surface area contributed by atoms with Crippen LogP contribution in [0.25, 0.3) is 0 Å². The number of nitrogens with zero attached hydrogens (tertiary/aromatic N) is 3. The van der Waals surface area contributed by atoms with Crippen molar-refractivity contribution in [1.29, 1.82) is 0 Å². The monoisotopic (exact) mass is 291 g/mol. The number of carbonyl (C=O) groups is 1. The molecule has 7 nitrogen and oxygen atoms in total. The number of alkyl halides is 2. The van der Waals surface area contributed by atoms with Gasteiger partial charge in [-0.3, -0.25) is 4.79 Å². The molecule has 2 rings (SSSR count). The van der Waals surface area contributed by atoms with Gasteiger partial charge in [0.05, 0.1) is 0 Å². The quantitative estimate of drug-likeness (QED) is 0.620. The number of hydrogen-bond acceptors (Lipinski definition) is 7. The molecule has 1 fully saturated rings. The van der Waals surface area contributed by atoms with Crippen LogP contribution in [0, 0.1) is 5.41 Å². The van der Waals surface area contributed by atoms with E-state index in [1.165, 1.54) is 0 Å². The van der Waals surface area contributed by atoms with Gasteiger partial charge in [0, 0.05) is 6.42 Å². The third kappa shape index (κ3) is 2.28. The Morgan fingerprint density at radius 2 is 1.83 bits per heavy atom. The van der Waals surface area contributed by atoms with E-state index in [-0.39, 0.29) is 24.3 Å². The van der Waals surface area contributed by atoms with Gasteiger partial charge in [-0.05, 0) is 6.92 Å². The molecule has 0 saturated heterocycles. The van der Waals surface area contributed by atoms with Crippen LogP contribution in [0.4, 0.5) is 11.9 Å². The molecule has 0 aromatic carbocycles. The van der Waals surface area contributed by atoms with E-state index in [0.29, 0.717) is 6.42 Å². The number of halogens is 2. The van der Waals surface area contributed by atoms with E-state index in [2.05, 4.69) is 15.0 Å². The lowest BCUT2D eigenvalue weighted by molar-refractivity contribution is -0.151. The summed E-state index contributed by atoms with van der Waals surface area (Å²) in [6.45, 7) is 1.47. The van der Waals surface area contributed by atoms with Gasteiger partial charge < -0.3 is 16.2 Å². The summed E-state index contributed by atoms with van der Waals surface area (Å²) in [4.78, 5) is 22.9. The number of nitrogen functional groups attached to an aromatic ring is 2. The molecule has 1 aromatic rings. The Hall–Kier alpha value is -1.34. The van der Waals surface area contributed by atoms with Crippen molar-refractivity contribution in [2.24, 2.45) is 5.41 Å². The van der Waals surface area contributed by atoms with Crippen LogP contribution in [0.15, 0.2) is 0 Å². The second-order valence-electron chi connectivity index (χ2n) is 4.26. The molecule has 0 amide bonds. The minimum Gasteiger partial charge on any atom is -0.457 e. The van der Waals surface area contributed by atoms with Gasteiger partial charge in [-0.2, -0.15) is 15.0 Å². The van der Waals surface area contributed by atoms with Crippen molar-refractivity contribution in [3.63, 3.8) is 0 Å². The van der Waals surface area contributed by atoms with Crippen molar-refractivity contribution < 1.29 is 9.53 Å². The lowest BCUT2D eigenvalue weighted by Gasteiger charge is -2.11. The Kier molecular flexibility index (Phi) is 2.98. The number of rotatable bonds is 3. The molecule has 0 aliphatic heterocycles. The summed E-state index contributed by atoms with van der Waals surface area (Å²) in [6.07, 6.45) is 0.351. The molecule has 0 bridgehead atoms. The lowest BCUT2D eigenvalue weighted by atomic mass is 10.1.